The molecule has 0 saturated heterocycles. The van der Waals surface area contributed by atoms with E-state index in [0.717, 1.165) is 42.3 Å². The van der Waals surface area contributed by atoms with Gasteiger partial charge in [0, 0.05) is 0 Å². The standard InChI is InChI=1S/C14H15NO2/c1-16-12-5-3-2-4-11(12)13-8-10-6-7-15-9-14(10)17-13/h2-5,8,15H,6-7,9H2,1H3. The van der Waals surface area contributed by atoms with E-state index in [9.17, 15) is 0 Å². The van der Waals surface area contributed by atoms with E-state index in [2.05, 4.69) is 11.4 Å². The Morgan fingerprint density at radius 2 is 2.18 bits per heavy atom. The van der Waals surface area contributed by atoms with Crippen molar-refractivity contribution in [2.45, 2.75) is 13.0 Å². The molecule has 0 fully saturated rings. The van der Waals surface area contributed by atoms with Crippen molar-refractivity contribution in [1.29, 1.82) is 0 Å². The van der Waals surface area contributed by atoms with Crippen LogP contribution in [0.3, 0.4) is 0 Å². The van der Waals surface area contributed by atoms with Crippen LogP contribution in [0.1, 0.15) is 11.3 Å². The molecule has 3 heteroatoms. The van der Waals surface area contributed by atoms with Crippen LogP contribution in [0.4, 0.5) is 0 Å². The Balaban J connectivity index is 2.06. The highest BCUT2D eigenvalue weighted by atomic mass is 16.5. The SMILES string of the molecule is COc1ccccc1-c1cc2c(o1)CNCC2. The van der Waals surface area contributed by atoms with Crippen molar-refractivity contribution in [2.75, 3.05) is 13.7 Å². The van der Waals surface area contributed by atoms with Gasteiger partial charge in [-0.25, -0.2) is 0 Å². The summed E-state index contributed by atoms with van der Waals surface area (Å²) in [6, 6.07) is 10.1. The quantitative estimate of drug-likeness (QED) is 0.859. The Kier molecular flexibility index (Phi) is 2.61. The van der Waals surface area contributed by atoms with Crippen LogP contribution in [-0.2, 0) is 13.0 Å². The van der Waals surface area contributed by atoms with E-state index < -0.39 is 0 Å². The smallest absolute Gasteiger partial charge is 0.138 e. The third-order valence-electron chi connectivity index (χ3n) is 3.13. The van der Waals surface area contributed by atoms with E-state index in [0.29, 0.717) is 0 Å². The zero-order valence-electron chi connectivity index (χ0n) is 9.82. The first-order chi connectivity index (χ1) is 8.38. The lowest BCUT2D eigenvalue weighted by molar-refractivity contribution is 0.413. The maximum absolute atomic E-state index is 5.89. The van der Waals surface area contributed by atoms with E-state index in [1.807, 2.05) is 24.3 Å². The first kappa shape index (κ1) is 10.4. The largest absolute Gasteiger partial charge is 0.496 e. The fraction of sp³-hybridized carbons (Fsp3) is 0.286. The van der Waals surface area contributed by atoms with Gasteiger partial charge in [0.15, 0.2) is 0 Å². The minimum atomic E-state index is 0.824. The lowest BCUT2D eigenvalue weighted by Gasteiger charge is -2.09. The number of fused-ring (bicyclic) bond motifs is 1. The second kappa shape index (κ2) is 4.26. The molecule has 0 amide bonds. The van der Waals surface area contributed by atoms with Crippen LogP contribution in [0, 0.1) is 0 Å². The molecule has 1 aromatic carbocycles. The summed E-state index contributed by atoms with van der Waals surface area (Å²) in [7, 11) is 1.68. The van der Waals surface area contributed by atoms with Gasteiger partial charge in [0.1, 0.15) is 17.3 Å². The van der Waals surface area contributed by atoms with Crippen molar-refractivity contribution in [2.24, 2.45) is 0 Å². The van der Waals surface area contributed by atoms with Gasteiger partial charge in [-0.2, -0.15) is 0 Å². The van der Waals surface area contributed by atoms with Crippen LogP contribution < -0.4 is 10.1 Å². The molecular formula is C14H15NO2. The molecule has 17 heavy (non-hydrogen) atoms. The van der Waals surface area contributed by atoms with Crippen molar-refractivity contribution in [3.8, 4) is 17.1 Å². The average molecular weight is 229 g/mol. The molecule has 0 saturated carbocycles. The summed E-state index contributed by atoms with van der Waals surface area (Å²) >= 11 is 0. The second-order valence-corrected chi connectivity index (χ2v) is 4.19. The van der Waals surface area contributed by atoms with Gasteiger partial charge in [0.25, 0.3) is 0 Å². The first-order valence-corrected chi connectivity index (χ1v) is 5.84. The fourth-order valence-electron chi connectivity index (χ4n) is 2.23. The second-order valence-electron chi connectivity index (χ2n) is 4.19. The lowest BCUT2D eigenvalue weighted by atomic mass is 10.1. The molecule has 2 heterocycles. The summed E-state index contributed by atoms with van der Waals surface area (Å²) in [6.07, 6.45) is 1.04. The lowest BCUT2D eigenvalue weighted by Crippen LogP contribution is -2.22. The summed E-state index contributed by atoms with van der Waals surface area (Å²) in [5.41, 5.74) is 2.33. The maximum Gasteiger partial charge on any atom is 0.138 e. The molecule has 0 bridgehead atoms. The number of hydrogen-bond donors (Lipinski definition) is 1. The van der Waals surface area contributed by atoms with E-state index >= 15 is 0 Å². The minimum Gasteiger partial charge on any atom is -0.496 e. The van der Waals surface area contributed by atoms with Gasteiger partial charge >= 0.3 is 0 Å². The van der Waals surface area contributed by atoms with E-state index in [4.69, 9.17) is 9.15 Å². The molecule has 0 radical (unpaired) electrons. The van der Waals surface area contributed by atoms with Crippen LogP contribution >= 0.6 is 0 Å². The van der Waals surface area contributed by atoms with Crippen LogP contribution in [0.5, 0.6) is 5.75 Å². The Morgan fingerprint density at radius 1 is 1.29 bits per heavy atom. The number of furan rings is 1. The summed E-state index contributed by atoms with van der Waals surface area (Å²) in [5, 5.41) is 3.31. The number of hydrogen-bond acceptors (Lipinski definition) is 3. The number of nitrogens with one attached hydrogen (secondary N) is 1. The average Bonchev–Trinajstić information content (AvgIpc) is 2.82. The molecule has 1 N–H and O–H groups in total. The molecule has 0 aliphatic carbocycles. The summed E-state index contributed by atoms with van der Waals surface area (Å²) < 4.78 is 11.2. The van der Waals surface area contributed by atoms with Gasteiger partial charge in [-0.1, -0.05) is 12.1 Å². The molecule has 2 aromatic rings. The number of methoxy groups -OCH3 is 1. The zero-order chi connectivity index (χ0) is 11.7. The molecule has 3 rings (SSSR count). The Hall–Kier alpha value is -1.74. The molecule has 3 nitrogen and oxygen atoms in total. The van der Waals surface area contributed by atoms with Crippen LogP contribution in [0.25, 0.3) is 11.3 Å². The topological polar surface area (TPSA) is 34.4 Å². The summed E-state index contributed by atoms with van der Waals surface area (Å²) in [6.45, 7) is 1.85. The predicted octanol–water partition coefficient (Wildman–Crippen LogP) is 2.60. The van der Waals surface area contributed by atoms with Gasteiger partial charge in [0.2, 0.25) is 0 Å². The number of rotatable bonds is 2. The monoisotopic (exact) mass is 229 g/mol. The van der Waals surface area contributed by atoms with Crippen LogP contribution in [0.15, 0.2) is 34.7 Å². The number of benzene rings is 1. The minimum absolute atomic E-state index is 0.824. The van der Waals surface area contributed by atoms with Gasteiger partial charge in [-0.05, 0) is 36.7 Å². The van der Waals surface area contributed by atoms with E-state index in [1.54, 1.807) is 7.11 Å². The Bertz CT molecular complexity index is 507. The molecule has 88 valence electrons. The predicted molar refractivity (Wildman–Crippen MR) is 66.1 cm³/mol. The van der Waals surface area contributed by atoms with Gasteiger partial charge in [-0.15, -0.1) is 0 Å². The third-order valence-corrected chi connectivity index (χ3v) is 3.13. The highest BCUT2D eigenvalue weighted by Crippen LogP contribution is 2.33. The number of para-hydroxylation sites is 1. The van der Waals surface area contributed by atoms with Crippen molar-refractivity contribution in [3.05, 3.63) is 41.7 Å². The summed E-state index contributed by atoms with van der Waals surface area (Å²) in [5.74, 6) is 2.81. The van der Waals surface area contributed by atoms with Crippen molar-refractivity contribution in [1.82, 2.24) is 5.32 Å². The van der Waals surface area contributed by atoms with Crippen LogP contribution in [-0.4, -0.2) is 13.7 Å². The third kappa shape index (κ3) is 1.83. The highest BCUT2D eigenvalue weighted by molar-refractivity contribution is 5.66. The highest BCUT2D eigenvalue weighted by Gasteiger charge is 2.17. The molecule has 0 atom stereocenters. The molecule has 0 unspecified atom stereocenters. The molecular weight excluding hydrogens is 214 g/mol. The number of ether oxygens (including phenoxy) is 1. The molecule has 1 aromatic heterocycles. The molecule has 0 spiro atoms. The zero-order valence-corrected chi connectivity index (χ0v) is 9.82. The van der Waals surface area contributed by atoms with Gasteiger partial charge in [0.05, 0.1) is 19.2 Å². The van der Waals surface area contributed by atoms with Crippen molar-refractivity contribution < 1.29 is 9.15 Å². The Morgan fingerprint density at radius 3 is 3.00 bits per heavy atom. The van der Waals surface area contributed by atoms with E-state index in [1.165, 1.54) is 5.56 Å². The van der Waals surface area contributed by atoms with Gasteiger partial charge < -0.3 is 14.5 Å². The fourth-order valence-corrected chi connectivity index (χ4v) is 2.23. The molecule has 1 aliphatic heterocycles. The van der Waals surface area contributed by atoms with Crippen molar-refractivity contribution in [3.63, 3.8) is 0 Å². The Labute approximate surface area is 100 Å². The normalized spacial score (nSPS) is 14.4. The van der Waals surface area contributed by atoms with E-state index in [-0.39, 0.29) is 0 Å². The van der Waals surface area contributed by atoms with Gasteiger partial charge in [-0.3, -0.25) is 0 Å². The molecule has 1 aliphatic rings. The maximum atomic E-state index is 5.89. The van der Waals surface area contributed by atoms with Crippen molar-refractivity contribution >= 4 is 0 Å². The summed E-state index contributed by atoms with van der Waals surface area (Å²) in [4.78, 5) is 0. The first-order valence-electron chi connectivity index (χ1n) is 5.84. The van der Waals surface area contributed by atoms with Crippen LogP contribution in [0.2, 0.25) is 0 Å².